The van der Waals surface area contributed by atoms with E-state index in [9.17, 15) is 20.1 Å². The van der Waals surface area contributed by atoms with Gasteiger partial charge in [-0.25, -0.2) is 0 Å². The molecule has 5 N–H and O–H groups in total. The monoisotopic (exact) mass is 567 g/mol. The molecule has 5 aliphatic rings. The maximum absolute atomic E-state index is 13.7. The average Bonchev–Trinajstić information content (AvgIpc) is 3.51. The van der Waals surface area contributed by atoms with Crippen LogP contribution in [0, 0.1) is 23.7 Å². The van der Waals surface area contributed by atoms with Crippen molar-refractivity contribution in [3.63, 3.8) is 0 Å². The van der Waals surface area contributed by atoms with Crippen LogP contribution in [0.3, 0.4) is 0 Å². The van der Waals surface area contributed by atoms with E-state index in [4.69, 9.17) is 9.47 Å². The zero-order valence-corrected chi connectivity index (χ0v) is 24.3. The van der Waals surface area contributed by atoms with Crippen molar-refractivity contribution in [2.45, 2.75) is 100 Å². The van der Waals surface area contributed by atoms with Gasteiger partial charge in [-0.3, -0.25) is 4.79 Å². The minimum Gasteiger partial charge on any atom is -0.388 e. The Balaban J connectivity index is 1.28. The van der Waals surface area contributed by atoms with E-state index in [1.165, 1.54) is 31.0 Å². The second-order valence-electron chi connectivity index (χ2n) is 12.8. The first kappa shape index (κ1) is 29.8. The summed E-state index contributed by atoms with van der Waals surface area (Å²) >= 11 is 1.48. The number of aliphatic hydroxyl groups is 3. The van der Waals surface area contributed by atoms with Gasteiger partial charge in [0.25, 0.3) is 0 Å². The number of amides is 1. The number of fused-ring (bicyclic) bond motifs is 3. The van der Waals surface area contributed by atoms with Crippen molar-refractivity contribution in [2.24, 2.45) is 23.7 Å². The molecule has 4 fully saturated rings. The molecule has 0 aromatic carbocycles. The minimum absolute atomic E-state index is 0.158. The summed E-state index contributed by atoms with van der Waals surface area (Å²) in [5.41, 5.74) is -0.669. The van der Waals surface area contributed by atoms with Gasteiger partial charge in [0, 0.05) is 25.4 Å². The van der Waals surface area contributed by atoms with Gasteiger partial charge >= 0.3 is 0 Å². The molecule has 9 nitrogen and oxygen atoms in total. The van der Waals surface area contributed by atoms with Crippen LogP contribution in [0.5, 0.6) is 0 Å². The Morgan fingerprint density at radius 3 is 2.72 bits per heavy atom. The standard InChI is InChI=1S/C29H49N3O6S/c1-17(2)12-18-8-11-37-26-20(13-18)14-30-22(26)28(36)31-21-7-5-6-19(15-32-9-3-4-10-32)16-39-29-25(35)23(33)24(34)27(21)38-29/h5-6,17-27,29-30,33-35H,3-4,7-16H2,1-2H3,(H,31,36)/t18-,19-,20-,21+,22-,23-,24+,25+,26+,27+,29+/m0/s1. The van der Waals surface area contributed by atoms with E-state index in [0.717, 1.165) is 44.8 Å². The van der Waals surface area contributed by atoms with Gasteiger partial charge in [0.15, 0.2) is 0 Å². The molecule has 0 saturated carbocycles. The van der Waals surface area contributed by atoms with Gasteiger partial charge < -0.3 is 40.3 Å². The highest BCUT2D eigenvalue weighted by Crippen LogP contribution is 2.35. The molecule has 1 amide bonds. The third-order valence-electron chi connectivity index (χ3n) is 9.25. The van der Waals surface area contributed by atoms with E-state index in [1.807, 2.05) is 0 Å². The summed E-state index contributed by atoms with van der Waals surface area (Å²) in [6, 6.07) is -1.00. The van der Waals surface area contributed by atoms with Gasteiger partial charge in [-0.05, 0) is 75.3 Å². The van der Waals surface area contributed by atoms with Crippen LogP contribution < -0.4 is 10.6 Å². The summed E-state index contributed by atoms with van der Waals surface area (Å²) in [5, 5.41) is 38.8. The number of nitrogens with zero attached hydrogens (tertiary/aromatic N) is 1. The molecule has 0 aromatic rings. The number of likely N-dealkylation sites (tertiary alicyclic amines) is 1. The minimum atomic E-state index is -1.34. The third kappa shape index (κ3) is 7.20. The van der Waals surface area contributed by atoms with Crippen molar-refractivity contribution < 1.29 is 29.6 Å². The normalized spacial score (nSPS) is 43.7. The fourth-order valence-corrected chi connectivity index (χ4v) is 8.48. The summed E-state index contributed by atoms with van der Waals surface area (Å²) in [7, 11) is 0. The summed E-state index contributed by atoms with van der Waals surface area (Å²) in [6.07, 6.45) is 5.69. The lowest BCUT2D eigenvalue weighted by Gasteiger charge is -2.44. The summed E-state index contributed by atoms with van der Waals surface area (Å²) < 4.78 is 12.5. The van der Waals surface area contributed by atoms with E-state index < -0.39 is 41.9 Å². The number of hydrogen-bond donors (Lipinski definition) is 5. The van der Waals surface area contributed by atoms with Crippen molar-refractivity contribution in [1.29, 1.82) is 0 Å². The van der Waals surface area contributed by atoms with Crippen LogP contribution in [-0.4, -0.2) is 113 Å². The van der Waals surface area contributed by atoms with Crippen LogP contribution in [0.4, 0.5) is 0 Å². The Morgan fingerprint density at radius 2 is 1.95 bits per heavy atom. The van der Waals surface area contributed by atoms with Gasteiger partial charge in [-0.2, -0.15) is 0 Å². The molecule has 0 unspecified atom stereocenters. The number of carbonyl (C=O) groups is 1. The number of nitrogens with one attached hydrogen (secondary N) is 2. The summed E-state index contributed by atoms with van der Waals surface area (Å²) in [4.78, 5) is 16.1. The zero-order chi connectivity index (χ0) is 27.5. The van der Waals surface area contributed by atoms with Crippen molar-refractivity contribution >= 4 is 17.7 Å². The molecule has 5 heterocycles. The largest absolute Gasteiger partial charge is 0.388 e. The van der Waals surface area contributed by atoms with E-state index >= 15 is 0 Å². The predicted molar refractivity (Wildman–Crippen MR) is 151 cm³/mol. The number of hydrogen-bond acceptors (Lipinski definition) is 9. The SMILES string of the molecule is CC(C)C[C@@H]1CCO[C@@H]2[C@H](CN[C@@H]2C(=O)N[C@@H]2CC=C[C@@H](CN3CCCC3)CS[C@H]3O[C@H]2[C@H](O)[C@H](O)[C@H]3O)C1. The zero-order valence-electron chi connectivity index (χ0n) is 23.5. The number of ether oxygens (including phenoxy) is 2. The van der Waals surface area contributed by atoms with Crippen molar-refractivity contribution in [3.05, 3.63) is 12.2 Å². The van der Waals surface area contributed by atoms with Crippen molar-refractivity contribution in [3.8, 4) is 0 Å². The van der Waals surface area contributed by atoms with Crippen LogP contribution in [0.1, 0.15) is 52.4 Å². The second-order valence-corrected chi connectivity index (χ2v) is 14.0. The lowest BCUT2D eigenvalue weighted by Crippen LogP contribution is -2.64. The fraction of sp³-hybridized carbons (Fsp3) is 0.897. The van der Waals surface area contributed by atoms with Crippen LogP contribution in [0.25, 0.3) is 0 Å². The van der Waals surface area contributed by atoms with Crippen LogP contribution in [0.2, 0.25) is 0 Å². The molecule has 5 aliphatic heterocycles. The van der Waals surface area contributed by atoms with Gasteiger partial charge in [-0.1, -0.05) is 26.0 Å². The Bertz CT molecular complexity index is 842. The molecular weight excluding hydrogens is 518 g/mol. The van der Waals surface area contributed by atoms with Gasteiger partial charge in [0.2, 0.25) is 5.91 Å². The first-order valence-electron chi connectivity index (χ1n) is 15.2. The average molecular weight is 568 g/mol. The van der Waals surface area contributed by atoms with E-state index in [-0.39, 0.29) is 17.9 Å². The van der Waals surface area contributed by atoms with Gasteiger partial charge in [0.05, 0.1) is 12.1 Å². The molecule has 4 saturated heterocycles. The number of aliphatic hydroxyl groups excluding tert-OH is 3. The predicted octanol–water partition coefficient (Wildman–Crippen LogP) is 1.11. The highest BCUT2D eigenvalue weighted by Gasteiger charge is 2.49. The number of carbonyl (C=O) groups excluding carboxylic acids is 1. The lowest BCUT2D eigenvalue weighted by molar-refractivity contribution is -0.205. The molecule has 0 aromatic heterocycles. The first-order chi connectivity index (χ1) is 18.8. The molecule has 0 spiro atoms. The third-order valence-corrected chi connectivity index (χ3v) is 10.6. The van der Waals surface area contributed by atoms with Gasteiger partial charge in [-0.15, -0.1) is 11.8 Å². The molecule has 222 valence electrons. The quantitative estimate of drug-likeness (QED) is 0.301. The van der Waals surface area contributed by atoms with Crippen LogP contribution in [0.15, 0.2) is 12.2 Å². The number of rotatable bonds is 6. The van der Waals surface area contributed by atoms with Crippen LogP contribution in [-0.2, 0) is 14.3 Å². The number of thioether (sulfide) groups is 1. The molecule has 0 aliphatic carbocycles. The van der Waals surface area contributed by atoms with Crippen LogP contribution >= 0.6 is 11.8 Å². The fourth-order valence-electron chi connectivity index (χ4n) is 7.27. The Kier molecular flexibility index (Phi) is 10.3. The van der Waals surface area contributed by atoms with E-state index in [2.05, 4.69) is 41.5 Å². The molecule has 10 heteroatoms. The Labute approximate surface area is 237 Å². The Hall–Kier alpha value is -0.720. The molecule has 39 heavy (non-hydrogen) atoms. The maximum atomic E-state index is 13.7. The molecular formula is C29H49N3O6S. The molecule has 2 bridgehead atoms. The molecule has 0 radical (unpaired) electrons. The summed E-state index contributed by atoms with van der Waals surface area (Å²) in [6.45, 7) is 9.11. The van der Waals surface area contributed by atoms with E-state index in [0.29, 0.717) is 30.8 Å². The lowest BCUT2D eigenvalue weighted by atomic mass is 9.85. The maximum Gasteiger partial charge on any atom is 0.240 e. The smallest absolute Gasteiger partial charge is 0.240 e. The van der Waals surface area contributed by atoms with E-state index in [1.54, 1.807) is 0 Å². The summed E-state index contributed by atoms with van der Waals surface area (Å²) in [5.74, 6) is 2.44. The Morgan fingerprint density at radius 1 is 1.15 bits per heavy atom. The van der Waals surface area contributed by atoms with Crippen molar-refractivity contribution in [1.82, 2.24) is 15.5 Å². The van der Waals surface area contributed by atoms with Crippen molar-refractivity contribution in [2.75, 3.05) is 38.5 Å². The molecule has 11 atom stereocenters. The highest BCUT2D eigenvalue weighted by atomic mass is 32.2. The molecule has 5 rings (SSSR count). The second kappa shape index (κ2) is 13.5. The van der Waals surface area contributed by atoms with Gasteiger partial charge in [0.1, 0.15) is 35.9 Å². The highest BCUT2D eigenvalue weighted by molar-refractivity contribution is 7.99. The first-order valence-corrected chi connectivity index (χ1v) is 16.2. The topological polar surface area (TPSA) is 124 Å².